The highest BCUT2D eigenvalue weighted by molar-refractivity contribution is 6.08. The van der Waals surface area contributed by atoms with E-state index in [-0.39, 0.29) is 0 Å². The first kappa shape index (κ1) is 13.0. The number of fused-ring (bicyclic) bond motifs is 2. The summed E-state index contributed by atoms with van der Waals surface area (Å²) in [6.07, 6.45) is 5.29. The van der Waals surface area contributed by atoms with E-state index in [1.165, 1.54) is 32.8 Å². The first-order chi connectivity index (χ1) is 10.9. The van der Waals surface area contributed by atoms with Gasteiger partial charge in [-0.25, -0.2) is 0 Å². The van der Waals surface area contributed by atoms with Gasteiger partial charge >= 0.3 is 0 Å². The van der Waals surface area contributed by atoms with Crippen molar-refractivity contribution in [1.29, 1.82) is 0 Å². The predicted octanol–water partition coefficient (Wildman–Crippen LogP) is 4.83. The first-order valence-corrected chi connectivity index (χ1v) is 7.79. The molecule has 0 saturated heterocycles. The van der Waals surface area contributed by atoms with Crippen molar-refractivity contribution in [3.05, 3.63) is 84.7 Å². The lowest BCUT2D eigenvalue weighted by atomic mass is 9.93. The van der Waals surface area contributed by atoms with Gasteiger partial charge in [0.05, 0.1) is 10.8 Å². The van der Waals surface area contributed by atoms with Gasteiger partial charge in [0, 0.05) is 12.1 Å². The quantitative estimate of drug-likeness (QED) is 0.366. The van der Waals surface area contributed by atoms with Crippen molar-refractivity contribution in [3.8, 4) is 5.69 Å². The Morgan fingerprint density at radius 2 is 1.14 bits per heavy atom. The molecule has 0 bridgehead atoms. The Bertz CT molecular complexity index is 898. The summed E-state index contributed by atoms with van der Waals surface area (Å²) in [7, 11) is 0. The minimum Gasteiger partial charge on any atom is -0.166 e. The van der Waals surface area contributed by atoms with Gasteiger partial charge in [-0.3, -0.25) is 0 Å². The molecule has 1 nitrogen and oxygen atoms in total. The third-order valence-electron chi connectivity index (χ3n) is 4.34. The van der Waals surface area contributed by atoms with Crippen LogP contribution in [0.1, 0.15) is 12.5 Å². The molecule has 1 aromatic heterocycles. The maximum Gasteiger partial charge on any atom is 0.226 e. The topological polar surface area (TPSA) is 3.88 Å². The molecule has 0 saturated carbocycles. The predicted molar refractivity (Wildman–Crippen MR) is 92.4 cm³/mol. The molecule has 0 radical (unpaired) electrons. The van der Waals surface area contributed by atoms with Crippen LogP contribution in [-0.4, -0.2) is 0 Å². The second kappa shape index (κ2) is 5.27. The zero-order chi connectivity index (χ0) is 14.9. The molecule has 1 heteroatoms. The van der Waals surface area contributed by atoms with E-state index in [0.29, 0.717) is 0 Å². The molecule has 1 heterocycles. The largest absolute Gasteiger partial charge is 0.226 e. The Labute approximate surface area is 130 Å². The van der Waals surface area contributed by atoms with Crippen LogP contribution in [0.25, 0.3) is 27.2 Å². The van der Waals surface area contributed by atoms with E-state index in [9.17, 15) is 0 Å². The Kier molecular flexibility index (Phi) is 3.12. The molecule has 22 heavy (non-hydrogen) atoms. The maximum absolute atomic E-state index is 2.24. The van der Waals surface area contributed by atoms with Crippen molar-refractivity contribution in [1.82, 2.24) is 0 Å². The highest BCUT2D eigenvalue weighted by Gasteiger charge is 2.18. The molecular formula is C21H18N+. The summed E-state index contributed by atoms with van der Waals surface area (Å²) in [5, 5.41) is 5.34. The summed E-state index contributed by atoms with van der Waals surface area (Å²) in [5.41, 5.74) is 2.70. The fourth-order valence-corrected chi connectivity index (χ4v) is 3.40. The van der Waals surface area contributed by atoms with Crippen molar-refractivity contribution in [2.45, 2.75) is 13.3 Å². The molecule has 0 fully saturated rings. The van der Waals surface area contributed by atoms with E-state index in [1.54, 1.807) is 0 Å². The van der Waals surface area contributed by atoms with Crippen LogP contribution < -0.4 is 4.57 Å². The van der Waals surface area contributed by atoms with Gasteiger partial charge in [0.15, 0.2) is 12.4 Å². The van der Waals surface area contributed by atoms with Crippen molar-refractivity contribution in [2.24, 2.45) is 0 Å². The lowest BCUT2D eigenvalue weighted by Gasteiger charge is -2.12. The molecule has 0 aliphatic rings. The minimum absolute atomic E-state index is 1.04. The third kappa shape index (κ3) is 1.90. The van der Waals surface area contributed by atoms with E-state index >= 15 is 0 Å². The molecule has 3 aromatic carbocycles. The van der Waals surface area contributed by atoms with Gasteiger partial charge in [-0.15, -0.1) is 0 Å². The molecule has 0 spiro atoms. The van der Waals surface area contributed by atoms with E-state index < -0.39 is 0 Å². The van der Waals surface area contributed by atoms with Crippen LogP contribution in [0.15, 0.2) is 79.1 Å². The monoisotopic (exact) mass is 284 g/mol. The molecule has 106 valence electrons. The molecule has 0 N–H and O–H groups in total. The highest BCUT2D eigenvalue weighted by Crippen LogP contribution is 2.33. The van der Waals surface area contributed by atoms with Crippen molar-refractivity contribution in [2.75, 3.05) is 0 Å². The molecule has 0 unspecified atom stereocenters. The average Bonchev–Trinajstić information content (AvgIpc) is 2.60. The van der Waals surface area contributed by atoms with Crippen molar-refractivity contribution in [3.63, 3.8) is 0 Å². The number of aryl methyl sites for hydroxylation is 1. The summed E-state index contributed by atoms with van der Waals surface area (Å²) < 4.78 is 2.23. The minimum atomic E-state index is 1.04. The third-order valence-corrected chi connectivity index (χ3v) is 4.34. The second-order valence-corrected chi connectivity index (χ2v) is 5.55. The summed E-state index contributed by atoms with van der Waals surface area (Å²) in [4.78, 5) is 0. The number of hydrogen-bond acceptors (Lipinski definition) is 0. The molecule has 0 aliphatic carbocycles. The lowest BCUT2D eigenvalue weighted by Crippen LogP contribution is -2.29. The van der Waals surface area contributed by atoms with Crippen LogP contribution in [0.5, 0.6) is 0 Å². The van der Waals surface area contributed by atoms with Crippen LogP contribution in [0.2, 0.25) is 0 Å². The molecule has 4 rings (SSSR count). The van der Waals surface area contributed by atoms with Crippen LogP contribution >= 0.6 is 0 Å². The lowest BCUT2D eigenvalue weighted by molar-refractivity contribution is -0.592. The Hall–Kier alpha value is -2.67. The number of pyridine rings is 1. The van der Waals surface area contributed by atoms with Gasteiger partial charge < -0.3 is 0 Å². The second-order valence-electron chi connectivity index (χ2n) is 5.55. The van der Waals surface area contributed by atoms with Gasteiger partial charge in [0.2, 0.25) is 5.69 Å². The van der Waals surface area contributed by atoms with Gasteiger partial charge in [-0.1, -0.05) is 49.4 Å². The van der Waals surface area contributed by atoms with E-state index in [4.69, 9.17) is 0 Å². The smallest absolute Gasteiger partial charge is 0.166 e. The van der Waals surface area contributed by atoms with E-state index in [1.807, 2.05) is 0 Å². The number of rotatable bonds is 2. The zero-order valence-corrected chi connectivity index (χ0v) is 12.7. The van der Waals surface area contributed by atoms with Gasteiger partial charge in [0.25, 0.3) is 0 Å². The van der Waals surface area contributed by atoms with Gasteiger partial charge in [-0.05, 0) is 34.9 Å². The number of aromatic nitrogens is 1. The van der Waals surface area contributed by atoms with Gasteiger partial charge in [-0.2, -0.15) is 4.57 Å². The first-order valence-electron chi connectivity index (χ1n) is 7.79. The standard InChI is InChI=1S/C21H18N/c1-2-16-17-10-4-6-12-19(17)21(22-14-8-3-9-15-22)20-13-7-5-11-18(16)20/h3-15H,2H2,1H3/q+1. The molecule has 0 amide bonds. The van der Waals surface area contributed by atoms with Crippen LogP contribution in [-0.2, 0) is 6.42 Å². The SMILES string of the molecule is CCc1c2ccccc2c(-[n+]2ccccc2)c2ccccc12. The Morgan fingerprint density at radius 1 is 0.636 bits per heavy atom. The van der Waals surface area contributed by atoms with Crippen LogP contribution in [0.3, 0.4) is 0 Å². The average molecular weight is 284 g/mol. The van der Waals surface area contributed by atoms with E-state index in [2.05, 4.69) is 90.6 Å². The van der Waals surface area contributed by atoms with Crippen molar-refractivity contribution >= 4 is 21.5 Å². The van der Waals surface area contributed by atoms with Crippen molar-refractivity contribution < 1.29 is 4.57 Å². The number of nitrogens with zero attached hydrogens (tertiary/aromatic N) is 1. The highest BCUT2D eigenvalue weighted by atomic mass is 14.9. The number of benzene rings is 3. The summed E-state index contributed by atoms with van der Waals surface area (Å²) in [5.74, 6) is 0. The van der Waals surface area contributed by atoms with E-state index in [0.717, 1.165) is 6.42 Å². The van der Waals surface area contributed by atoms with Crippen LogP contribution in [0.4, 0.5) is 0 Å². The summed E-state index contributed by atoms with van der Waals surface area (Å²) >= 11 is 0. The fraction of sp³-hybridized carbons (Fsp3) is 0.0952. The summed E-state index contributed by atoms with van der Waals surface area (Å²) in [6, 6.07) is 23.7. The molecule has 4 aromatic rings. The Morgan fingerprint density at radius 3 is 1.64 bits per heavy atom. The fourth-order valence-electron chi connectivity index (χ4n) is 3.40. The zero-order valence-electron chi connectivity index (χ0n) is 12.7. The van der Waals surface area contributed by atoms with Gasteiger partial charge in [0.1, 0.15) is 0 Å². The normalized spacial score (nSPS) is 11.1. The summed E-state index contributed by atoms with van der Waals surface area (Å²) in [6.45, 7) is 2.24. The maximum atomic E-state index is 2.24. The molecular weight excluding hydrogens is 266 g/mol. The Balaban J connectivity index is 2.27. The number of hydrogen-bond donors (Lipinski definition) is 0. The molecule has 0 atom stereocenters. The van der Waals surface area contributed by atoms with Crippen LogP contribution in [0, 0.1) is 0 Å². The molecule has 0 aliphatic heterocycles.